The van der Waals surface area contributed by atoms with E-state index in [9.17, 15) is 34.5 Å². The molecule has 220 valence electrons. The van der Waals surface area contributed by atoms with Crippen LogP contribution in [0.5, 0.6) is 0 Å². The lowest BCUT2D eigenvalue weighted by molar-refractivity contribution is -0.179. The molecule has 8 atom stereocenters. The van der Waals surface area contributed by atoms with Gasteiger partial charge in [-0.3, -0.25) is 19.2 Å². The van der Waals surface area contributed by atoms with E-state index in [1.807, 2.05) is 26.8 Å². The molecule has 0 aromatic carbocycles. The van der Waals surface area contributed by atoms with Crippen LogP contribution in [-0.2, 0) is 23.9 Å². The van der Waals surface area contributed by atoms with Crippen molar-refractivity contribution in [3.63, 3.8) is 0 Å². The quantitative estimate of drug-likeness (QED) is 0.260. The van der Waals surface area contributed by atoms with E-state index in [2.05, 4.69) is 0 Å². The number of carbonyl (C=O) groups is 4. The van der Waals surface area contributed by atoms with Crippen molar-refractivity contribution in [1.82, 2.24) is 0 Å². The molecule has 40 heavy (non-hydrogen) atoms. The van der Waals surface area contributed by atoms with Gasteiger partial charge < -0.3 is 20.1 Å². The van der Waals surface area contributed by atoms with Crippen LogP contribution >= 0.6 is 0 Å². The summed E-state index contributed by atoms with van der Waals surface area (Å²) in [6.07, 6.45) is 5.89. The minimum atomic E-state index is -2.00. The number of ketones is 3. The molecule has 0 spiro atoms. The highest BCUT2D eigenvalue weighted by molar-refractivity contribution is 6.02. The van der Waals surface area contributed by atoms with Gasteiger partial charge in [0.1, 0.15) is 17.0 Å². The summed E-state index contributed by atoms with van der Waals surface area (Å²) in [5.41, 5.74) is -5.72. The van der Waals surface area contributed by atoms with Gasteiger partial charge in [0, 0.05) is 30.6 Å². The van der Waals surface area contributed by atoms with Gasteiger partial charge in [0.2, 0.25) is 5.78 Å². The van der Waals surface area contributed by atoms with E-state index in [0.717, 1.165) is 5.57 Å². The zero-order chi connectivity index (χ0) is 30.4. The predicted octanol–water partition coefficient (Wildman–Crippen LogP) is 4.19. The number of fused-ring (bicyclic) bond motifs is 5. The Morgan fingerprint density at radius 1 is 1.07 bits per heavy atom. The van der Waals surface area contributed by atoms with Gasteiger partial charge in [-0.1, -0.05) is 32.4 Å². The lowest BCUT2D eigenvalue weighted by atomic mass is 9.39. The molecule has 2 saturated carbocycles. The molecular weight excluding hydrogens is 512 g/mol. The van der Waals surface area contributed by atoms with Crippen molar-refractivity contribution in [2.45, 2.75) is 98.9 Å². The minimum Gasteiger partial charge on any atom is -0.505 e. The SMILES string of the molecule is CC(=O)OC(C)(C)/C=C/C(=O)[C@](C)(O)[C@H]1C(O)C[C@@]2(C)[C@@H]3CC=C4[C@@H](C=C(O)C(=O)C4(C)C)[C@]3(C)C(=O)C[C@]12C. The normalized spacial score (nSPS) is 40.4. The predicted molar refractivity (Wildman–Crippen MR) is 148 cm³/mol. The van der Waals surface area contributed by atoms with Crippen LogP contribution in [0.25, 0.3) is 0 Å². The number of rotatable bonds is 5. The van der Waals surface area contributed by atoms with Crippen LogP contribution in [0, 0.1) is 39.4 Å². The number of carbonyl (C=O) groups excluding carboxylic acids is 4. The first-order chi connectivity index (χ1) is 18.1. The molecule has 0 heterocycles. The number of allylic oxidation sites excluding steroid dienone is 4. The molecule has 0 aliphatic heterocycles. The topological polar surface area (TPSA) is 138 Å². The highest BCUT2D eigenvalue weighted by Crippen LogP contribution is 2.73. The zero-order valence-electron chi connectivity index (χ0n) is 25.1. The van der Waals surface area contributed by atoms with Gasteiger partial charge in [0.05, 0.1) is 11.5 Å². The second-order valence-corrected chi connectivity index (χ2v) is 14.4. The van der Waals surface area contributed by atoms with E-state index >= 15 is 0 Å². The summed E-state index contributed by atoms with van der Waals surface area (Å²) < 4.78 is 5.22. The number of aliphatic hydroxyl groups excluding tert-OH is 2. The van der Waals surface area contributed by atoms with Crippen LogP contribution < -0.4 is 0 Å². The minimum absolute atomic E-state index is 0.0249. The van der Waals surface area contributed by atoms with Crippen LogP contribution in [0.3, 0.4) is 0 Å². The van der Waals surface area contributed by atoms with Crippen LogP contribution in [0.4, 0.5) is 0 Å². The summed E-state index contributed by atoms with van der Waals surface area (Å²) in [5, 5.41) is 33.8. The Kier molecular flexibility index (Phi) is 6.80. The Morgan fingerprint density at radius 2 is 1.68 bits per heavy atom. The third-order valence-corrected chi connectivity index (χ3v) is 11.2. The van der Waals surface area contributed by atoms with Gasteiger partial charge in [0.25, 0.3) is 0 Å². The maximum atomic E-state index is 14.3. The fourth-order valence-electron chi connectivity index (χ4n) is 8.98. The summed E-state index contributed by atoms with van der Waals surface area (Å²) in [6, 6.07) is 0. The molecule has 0 amide bonds. The lowest BCUT2D eigenvalue weighted by Crippen LogP contribution is -2.64. The molecule has 0 radical (unpaired) electrons. The Bertz CT molecular complexity index is 1270. The lowest BCUT2D eigenvalue weighted by Gasteiger charge is -2.63. The van der Waals surface area contributed by atoms with E-state index in [0.29, 0.717) is 6.42 Å². The van der Waals surface area contributed by atoms with Crippen molar-refractivity contribution in [2.24, 2.45) is 39.4 Å². The summed E-state index contributed by atoms with van der Waals surface area (Å²) in [5.74, 6) is -3.61. The average molecular weight is 557 g/mol. The first-order valence-corrected chi connectivity index (χ1v) is 14.1. The summed E-state index contributed by atoms with van der Waals surface area (Å²) in [7, 11) is 0. The summed E-state index contributed by atoms with van der Waals surface area (Å²) in [6.45, 7) is 15.3. The van der Waals surface area contributed by atoms with Gasteiger partial charge in [-0.25, -0.2) is 0 Å². The molecule has 0 bridgehead atoms. The zero-order valence-corrected chi connectivity index (χ0v) is 25.1. The maximum Gasteiger partial charge on any atom is 0.303 e. The molecular formula is C32H44O8. The number of hydrogen-bond donors (Lipinski definition) is 3. The molecule has 2 fully saturated rings. The van der Waals surface area contributed by atoms with E-state index in [1.165, 1.54) is 32.1 Å². The Hall–Kier alpha value is -2.58. The fraction of sp³-hybridized carbons (Fsp3) is 0.688. The van der Waals surface area contributed by atoms with E-state index < -0.39 is 62.6 Å². The third kappa shape index (κ3) is 4.00. The van der Waals surface area contributed by atoms with Gasteiger partial charge >= 0.3 is 5.97 Å². The van der Waals surface area contributed by atoms with Crippen molar-refractivity contribution < 1.29 is 39.2 Å². The molecule has 8 heteroatoms. The molecule has 8 nitrogen and oxygen atoms in total. The third-order valence-electron chi connectivity index (χ3n) is 11.2. The van der Waals surface area contributed by atoms with Crippen molar-refractivity contribution >= 4 is 23.3 Å². The molecule has 3 N–H and O–H groups in total. The Balaban J connectivity index is 1.76. The number of aliphatic hydroxyl groups is 3. The van der Waals surface area contributed by atoms with Gasteiger partial charge in [-0.15, -0.1) is 0 Å². The monoisotopic (exact) mass is 556 g/mol. The molecule has 4 aliphatic rings. The molecule has 1 unspecified atom stereocenters. The van der Waals surface area contributed by atoms with E-state index in [1.54, 1.807) is 27.7 Å². The van der Waals surface area contributed by atoms with Crippen molar-refractivity contribution in [1.29, 1.82) is 0 Å². The maximum absolute atomic E-state index is 14.3. The molecule has 0 saturated heterocycles. The number of Topliss-reactive ketones (excluding diaryl/α,β-unsaturated/α-hetero) is 2. The highest BCUT2D eigenvalue weighted by Gasteiger charge is 2.74. The smallest absolute Gasteiger partial charge is 0.303 e. The van der Waals surface area contributed by atoms with Crippen LogP contribution in [0.1, 0.15) is 81.6 Å². The number of hydrogen-bond acceptors (Lipinski definition) is 8. The number of ether oxygens (including phenoxy) is 1. The summed E-state index contributed by atoms with van der Waals surface area (Å²) in [4.78, 5) is 52.0. The van der Waals surface area contributed by atoms with Crippen molar-refractivity contribution in [2.75, 3.05) is 0 Å². The van der Waals surface area contributed by atoms with Crippen LogP contribution in [0.2, 0.25) is 0 Å². The Morgan fingerprint density at radius 3 is 2.25 bits per heavy atom. The van der Waals surface area contributed by atoms with Crippen molar-refractivity contribution in [3.8, 4) is 0 Å². The van der Waals surface area contributed by atoms with Crippen molar-refractivity contribution in [3.05, 3.63) is 35.6 Å². The molecule has 0 aromatic heterocycles. The summed E-state index contributed by atoms with van der Waals surface area (Å²) >= 11 is 0. The first-order valence-electron chi connectivity index (χ1n) is 14.1. The second-order valence-electron chi connectivity index (χ2n) is 14.4. The fourth-order valence-corrected chi connectivity index (χ4v) is 8.98. The molecule has 4 rings (SSSR count). The van der Waals surface area contributed by atoms with E-state index in [-0.39, 0.29) is 36.1 Å². The molecule has 0 aromatic rings. The second kappa shape index (κ2) is 8.96. The Labute approximate surface area is 236 Å². The number of esters is 1. The largest absolute Gasteiger partial charge is 0.505 e. The van der Waals surface area contributed by atoms with Gasteiger partial charge in [0.15, 0.2) is 11.5 Å². The molecule has 4 aliphatic carbocycles. The van der Waals surface area contributed by atoms with Gasteiger partial charge in [-0.2, -0.15) is 0 Å². The van der Waals surface area contributed by atoms with Crippen LogP contribution in [-0.4, -0.2) is 55.9 Å². The first kappa shape index (κ1) is 30.4. The van der Waals surface area contributed by atoms with Gasteiger partial charge in [-0.05, 0) is 82.4 Å². The average Bonchev–Trinajstić information content (AvgIpc) is 3.01. The standard InChI is InChI=1S/C32H44O8/c1-17(33)40-27(2,3)13-12-23(36)32(9,39)25-21(35)15-29(6)22-11-10-18-19(14-20(34)26(38)28(18,4)5)31(22,8)24(37)16-30(25,29)7/h10,12-14,19,21-22,25,34-35,39H,11,15-16H2,1-9H3/b13-12+/t19-,21?,22+,25+,29+,30-,31+,32+/m1/s1. The van der Waals surface area contributed by atoms with Crippen LogP contribution in [0.15, 0.2) is 35.6 Å². The van der Waals surface area contributed by atoms with E-state index in [4.69, 9.17) is 4.74 Å². The highest BCUT2D eigenvalue weighted by atomic mass is 16.6.